The average Bonchev–Trinajstić information content (AvgIpc) is 2.27. The molecule has 18 heavy (non-hydrogen) atoms. The van der Waals surface area contributed by atoms with Gasteiger partial charge in [0.2, 0.25) is 5.95 Å². The lowest BCUT2D eigenvalue weighted by Gasteiger charge is -2.25. The lowest BCUT2D eigenvalue weighted by molar-refractivity contribution is -0.119. The Morgan fingerprint density at radius 1 is 1.33 bits per heavy atom. The molecule has 1 rings (SSSR count). The SMILES string of the molecule is CN(C)c1nccc(N(CCN)CC(F)(F)F)n1. The van der Waals surface area contributed by atoms with Crippen LogP contribution in [0.15, 0.2) is 12.3 Å². The molecule has 1 aromatic heterocycles. The first-order valence-corrected chi connectivity index (χ1v) is 5.35. The van der Waals surface area contributed by atoms with Crippen LogP contribution in [0.4, 0.5) is 24.9 Å². The minimum absolute atomic E-state index is 0.0867. The molecule has 0 atom stereocenters. The third-order valence-electron chi connectivity index (χ3n) is 2.12. The zero-order chi connectivity index (χ0) is 13.8. The second-order valence-electron chi connectivity index (χ2n) is 3.93. The average molecular weight is 263 g/mol. The van der Waals surface area contributed by atoms with E-state index in [9.17, 15) is 13.2 Å². The molecule has 1 aromatic rings. The van der Waals surface area contributed by atoms with E-state index < -0.39 is 12.7 Å². The number of alkyl halides is 3. The number of nitrogens with zero attached hydrogens (tertiary/aromatic N) is 4. The van der Waals surface area contributed by atoms with Gasteiger partial charge in [0.05, 0.1) is 0 Å². The van der Waals surface area contributed by atoms with Crippen LogP contribution in [0.25, 0.3) is 0 Å². The molecule has 0 spiro atoms. The maximum Gasteiger partial charge on any atom is 0.405 e. The third-order valence-corrected chi connectivity index (χ3v) is 2.12. The zero-order valence-electron chi connectivity index (χ0n) is 10.3. The summed E-state index contributed by atoms with van der Waals surface area (Å²) in [6.45, 7) is -0.866. The van der Waals surface area contributed by atoms with Gasteiger partial charge < -0.3 is 15.5 Å². The maximum absolute atomic E-state index is 12.4. The number of anilines is 2. The first-order valence-electron chi connectivity index (χ1n) is 5.35. The van der Waals surface area contributed by atoms with Crippen LogP contribution in [-0.4, -0.2) is 49.9 Å². The van der Waals surface area contributed by atoms with Crippen LogP contribution in [0, 0.1) is 0 Å². The lowest BCUT2D eigenvalue weighted by atomic mass is 10.4. The van der Waals surface area contributed by atoms with Gasteiger partial charge in [0.1, 0.15) is 12.4 Å². The molecule has 0 aliphatic heterocycles. The highest BCUT2D eigenvalue weighted by atomic mass is 19.4. The number of hydrogen-bond acceptors (Lipinski definition) is 5. The Hall–Kier alpha value is -1.57. The van der Waals surface area contributed by atoms with E-state index in [-0.39, 0.29) is 18.9 Å². The number of nitrogens with two attached hydrogens (primary N) is 1. The van der Waals surface area contributed by atoms with E-state index in [0.29, 0.717) is 5.95 Å². The van der Waals surface area contributed by atoms with Crippen LogP contribution in [-0.2, 0) is 0 Å². The van der Waals surface area contributed by atoms with Crippen LogP contribution in [0.3, 0.4) is 0 Å². The van der Waals surface area contributed by atoms with E-state index in [1.54, 1.807) is 19.0 Å². The van der Waals surface area contributed by atoms with Crippen LogP contribution in [0.1, 0.15) is 0 Å². The van der Waals surface area contributed by atoms with Crippen molar-refractivity contribution in [2.75, 3.05) is 43.5 Å². The highest BCUT2D eigenvalue weighted by Crippen LogP contribution is 2.21. The van der Waals surface area contributed by atoms with Crippen molar-refractivity contribution >= 4 is 11.8 Å². The van der Waals surface area contributed by atoms with Gasteiger partial charge in [0, 0.05) is 33.4 Å². The quantitative estimate of drug-likeness (QED) is 0.854. The van der Waals surface area contributed by atoms with E-state index in [1.807, 2.05) is 0 Å². The Morgan fingerprint density at radius 2 is 2.00 bits per heavy atom. The van der Waals surface area contributed by atoms with E-state index in [2.05, 4.69) is 9.97 Å². The van der Waals surface area contributed by atoms with Gasteiger partial charge in [0.25, 0.3) is 0 Å². The molecule has 0 aliphatic rings. The lowest BCUT2D eigenvalue weighted by Crippen LogP contribution is -2.38. The summed E-state index contributed by atoms with van der Waals surface area (Å²) in [6, 6.07) is 1.44. The molecule has 0 radical (unpaired) electrons. The fourth-order valence-corrected chi connectivity index (χ4v) is 1.38. The summed E-state index contributed by atoms with van der Waals surface area (Å²) in [5, 5.41) is 0. The fourth-order valence-electron chi connectivity index (χ4n) is 1.38. The number of rotatable bonds is 5. The largest absolute Gasteiger partial charge is 0.405 e. The van der Waals surface area contributed by atoms with E-state index in [4.69, 9.17) is 5.73 Å². The van der Waals surface area contributed by atoms with Gasteiger partial charge in [-0.25, -0.2) is 4.98 Å². The van der Waals surface area contributed by atoms with Gasteiger partial charge in [0.15, 0.2) is 0 Å². The molecule has 5 nitrogen and oxygen atoms in total. The third kappa shape index (κ3) is 4.36. The first kappa shape index (κ1) is 14.5. The smallest absolute Gasteiger partial charge is 0.347 e. The van der Waals surface area contributed by atoms with Crippen molar-refractivity contribution in [1.29, 1.82) is 0 Å². The minimum Gasteiger partial charge on any atom is -0.347 e. The van der Waals surface area contributed by atoms with Crippen LogP contribution in [0.5, 0.6) is 0 Å². The van der Waals surface area contributed by atoms with Crippen molar-refractivity contribution in [2.24, 2.45) is 5.73 Å². The Bertz CT molecular complexity index is 380. The summed E-state index contributed by atoms with van der Waals surface area (Å²) >= 11 is 0. The highest BCUT2D eigenvalue weighted by Gasteiger charge is 2.31. The molecule has 2 N–H and O–H groups in total. The molecule has 0 fully saturated rings. The molecule has 0 saturated carbocycles. The summed E-state index contributed by atoms with van der Waals surface area (Å²) in [5.74, 6) is 0.577. The van der Waals surface area contributed by atoms with Crippen molar-refractivity contribution in [2.45, 2.75) is 6.18 Å². The molecule has 0 unspecified atom stereocenters. The normalized spacial score (nSPS) is 11.4. The number of aromatic nitrogens is 2. The van der Waals surface area contributed by atoms with Gasteiger partial charge in [-0.1, -0.05) is 0 Å². The number of halogens is 3. The van der Waals surface area contributed by atoms with Crippen molar-refractivity contribution in [3.8, 4) is 0 Å². The molecule has 0 aromatic carbocycles. The molecular formula is C10H16F3N5. The molecular weight excluding hydrogens is 247 g/mol. The Labute approximate surface area is 103 Å². The standard InChI is InChI=1S/C10H16F3N5/c1-17(2)9-15-5-3-8(16-9)18(6-4-14)7-10(11,12)13/h3,5H,4,6-7,14H2,1-2H3. The second kappa shape index (κ2) is 5.85. The van der Waals surface area contributed by atoms with Gasteiger partial charge >= 0.3 is 6.18 Å². The minimum atomic E-state index is -4.29. The topological polar surface area (TPSA) is 58.3 Å². The van der Waals surface area contributed by atoms with Crippen LogP contribution in [0.2, 0.25) is 0 Å². The fraction of sp³-hybridized carbons (Fsp3) is 0.600. The van der Waals surface area contributed by atoms with Crippen molar-refractivity contribution in [3.63, 3.8) is 0 Å². The van der Waals surface area contributed by atoms with Crippen molar-refractivity contribution < 1.29 is 13.2 Å². The summed E-state index contributed by atoms with van der Waals surface area (Å²) < 4.78 is 37.3. The highest BCUT2D eigenvalue weighted by molar-refractivity contribution is 5.43. The molecule has 1 heterocycles. The Morgan fingerprint density at radius 3 is 2.50 bits per heavy atom. The molecule has 8 heteroatoms. The predicted molar refractivity (Wildman–Crippen MR) is 63.7 cm³/mol. The zero-order valence-corrected chi connectivity index (χ0v) is 10.3. The summed E-state index contributed by atoms with van der Waals surface area (Å²) in [6.07, 6.45) is -2.87. The molecule has 102 valence electrons. The summed E-state index contributed by atoms with van der Waals surface area (Å²) in [7, 11) is 3.44. The molecule has 0 saturated heterocycles. The van der Waals surface area contributed by atoms with Crippen LogP contribution < -0.4 is 15.5 Å². The monoisotopic (exact) mass is 263 g/mol. The van der Waals surface area contributed by atoms with Crippen LogP contribution >= 0.6 is 0 Å². The summed E-state index contributed by atoms with van der Waals surface area (Å²) in [5.41, 5.74) is 5.32. The van der Waals surface area contributed by atoms with E-state index in [0.717, 1.165) is 4.90 Å². The van der Waals surface area contributed by atoms with Gasteiger partial charge in [-0.05, 0) is 6.07 Å². The molecule has 0 bridgehead atoms. The van der Waals surface area contributed by atoms with Gasteiger partial charge in [-0.3, -0.25) is 0 Å². The Balaban J connectivity index is 2.94. The molecule has 0 amide bonds. The first-order chi connectivity index (χ1) is 8.33. The van der Waals surface area contributed by atoms with Crippen molar-refractivity contribution in [1.82, 2.24) is 9.97 Å². The molecule has 0 aliphatic carbocycles. The Kier molecular flexibility index (Phi) is 4.71. The maximum atomic E-state index is 12.4. The second-order valence-corrected chi connectivity index (χ2v) is 3.93. The predicted octanol–water partition coefficient (Wildman–Crippen LogP) is 0.870. The number of hydrogen-bond donors (Lipinski definition) is 1. The van der Waals surface area contributed by atoms with Crippen molar-refractivity contribution in [3.05, 3.63) is 12.3 Å². The van der Waals surface area contributed by atoms with E-state index >= 15 is 0 Å². The van der Waals surface area contributed by atoms with E-state index in [1.165, 1.54) is 12.3 Å². The van der Waals surface area contributed by atoms with Gasteiger partial charge in [-0.15, -0.1) is 0 Å². The van der Waals surface area contributed by atoms with Gasteiger partial charge in [-0.2, -0.15) is 18.2 Å². The summed E-state index contributed by atoms with van der Waals surface area (Å²) in [4.78, 5) is 10.7.